The van der Waals surface area contributed by atoms with Crippen molar-refractivity contribution in [3.63, 3.8) is 0 Å². The highest BCUT2D eigenvalue weighted by atomic mass is 16.4. The molecule has 5 heteroatoms. The molecule has 1 amide bonds. The van der Waals surface area contributed by atoms with Crippen LogP contribution in [-0.2, 0) is 9.59 Å². The largest absolute Gasteiger partial charge is 0.481 e. The third-order valence-corrected chi connectivity index (χ3v) is 3.43. The van der Waals surface area contributed by atoms with Crippen LogP contribution in [0.4, 0.5) is 0 Å². The topological polar surface area (TPSA) is 77.8 Å². The number of hydrogen-bond donors (Lipinski definition) is 2. The molecular weight excluding hydrogens is 222 g/mol. The molecule has 0 radical (unpaired) electrons. The number of carbonyl (C=O) groups excluding carboxylic acids is 1. The van der Waals surface area contributed by atoms with E-state index in [1.807, 2.05) is 0 Å². The van der Waals surface area contributed by atoms with E-state index in [9.17, 15) is 14.7 Å². The quantitative estimate of drug-likeness (QED) is 0.729. The van der Waals surface area contributed by atoms with Gasteiger partial charge in [-0.15, -0.1) is 0 Å². The standard InChI is InChI=1S/C12H21NO4/c1-13(10(14)4-5-11(15)16)9-8-12(17)6-2-3-7-12/h17H,2-9H2,1H3,(H,15,16). The summed E-state index contributed by atoms with van der Waals surface area (Å²) in [6.45, 7) is 0.495. The molecule has 1 aliphatic rings. The molecule has 0 bridgehead atoms. The number of amides is 1. The van der Waals surface area contributed by atoms with Gasteiger partial charge in [-0.05, 0) is 19.3 Å². The van der Waals surface area contributed by atoms with Crippen LogP contribution in [0.1, 0.15) is 44.9 Å². The Kier molecular flexibility index (Phi) is 4.93. The third kappa shape index (κ3) is 4.73. The van der Waals surface area contributed by atoms with Gasteiger partial charge in [0.05, 0.1) is 12.0 Å². The number of aliphatic carboxylic acids is 1. The van der Waals surface area contributed by atoms with Crippen LogP contribution in [0.2, 0.25) is 0 Å². The maximum Gasteiger partial charge on any atom is 0.303 e. The molecule has 0 aromatic carbocycles. The van der Waals surface area contributed by atoms with Crippen molar-refractivity contribution in [3.8, 4) is 0 Å². The summed E-state index contributed by atoms with van der Waals surface area (Å²) in [6.07, 6.45) is 4.20. The lowest BCUT2D eigenvalue weighted by atomic mass is 9.98. The van der Waals surface area contributed by atoms with Crippen LogP contribution in [0.3, 0.4) is 0 Å². The van der Waals surface area contributed by atoms with Crippen LogP contribution in [0.25, 0.3) is 0 Å². The monoisotopic (exact) mass is 243 g/mol. The molecule has 0 atom stereocenters. The number of carboxylic acids is 1. The lowest BCUT2D eigenvalue weighted by Gasteiger charge is -2.25. The second-order valence-corrected chi connectivity index (χ2v) is 4.89. The number of nitrogens with zero attached hydrogens (tertiary/aromatic N) is 1. The van der Waals surface area contributed by atoms with E-state index < -0.39 is 11.6 Å². The number of aliphatic hydroxyl groups is 1. The zero-order valence-corrected chi connectivity index (χ0v) is 10.3. The Morgan fingerprint density at radius 3 is 2.35 bits per heavy atom. The fraction of sp³-hybridized carbons (Fsp3) is 0.833. The third-order valence-electron chi connectivity index (χ3n) is 3.43. The summed E-state index contributed by atoms with van der Waals surface area (Å²) in [5.41, 5.74) is -0.610. The molecule has 1 fully saturated rings. The van der Waals surface area contributed by atoms with Gasteiger partial charge in [0.25, 0.3) is 0 Å². The number of rotatable bonds is 6. The van der Waals surface area contributed by atoms with Gasteiger partial charge in [-0.1, -0.05) is 12.8 Å². The van der Waals surface area contributed by atoms with Crippen molar-refractivity contribution in [2.75, 3.05) is 13.6 Å². The predicted molar refractivity (Wildman–Crippen MR) is 62.5 cm³/mol. The molecule has 0 spiro atoms. The molecule has 0 unspecified atom stereocenters. The maximum atomic E-state index is 11.5. The van der Waals surface area contributed by atoms with Crippen LogP contribution in [0.5, 0.6) is 0 Å². The van der Waals surface area contributed by atoms with Crippen molar-refractivity contribution in [1.29, 1.82) is 0 Å². The lowest BCUT2D eigenvalue weighted by Crippen LogP contribution is -2.34. The molecule has 0 aliphatic heterocycles. The molecule has 98 valence electrons. The van der Waals surface area contributed by atoms with Crippen molar-refractivity contribution in [2.24, 2.45) is 0 Å². The Morgan fingerprint density at radius 1 is 1.24 bits per heavy atom. The van der Waals surface area contributed by atoms with Gasteiger partial charge in [0.15, 0.2) is 0 Å². The summed E-state index contributed by atoms with van der Waals surface area (Å²) in [7, 11) is 1.66. The molecule has 0 heterocycles. The van der Waals surface area contributed by atoms with E-state index in [0.29, 0.717) is 13.0 Å². The van der Waals surface area contributed by atoms with Crippen molar-refractivity contribution < 1.29 is 19.8 Å². The van der Waals surface area contributed by atoms with Gasteiger partial charge in [0.1, 0.15) is 0 Å². The second kappa shape index (κ2) is 6.00. The smallest absolute Gasteiger partial charge is 0.303 e. The highest BCUT2D eigenvalue weighted by Crippen LogP contribution is 2.32. The number of carboxylic acid groups (broad SMARTS) is 1. The molecule has 5 nitrogen and oxygen atoms in total. The minimum atomic E-state index is -0.957. The Labute approximate surface area is 101 Å². The van der Waals surface area contributed by atoms with Gasteiger partial charge in [-0.3, -0.25) is 9.59 Å². The summed E-state index contributed by atoms with van der Waals surface area (Å²) in [6, 6.07) is 0. The molecule has 2 N–H and O–H groups in total. The minimum Gasteiger partial charge on any atom is -0.481 e. The minimum absolute atomic E-state index is 0.0320. The van der Waals surface area contributed by atoms with Crippen LogP contribution in [0, 0.1) is 0 Å². The second-order valence-electron chi connectivity index (χ2n) is 4.89. The summed E-state index contributed by atoms with van der Waals surface area (Å²) in [5, 5.41) is 18.6. The van der Waals surface area contributed by atoms with Gasteiger partial charge in [-0.2, -0.15) is 0 Å². The first-order valence-electron chi connectivity index (χ1n) is 6.11. The number of carbonyl (C=O) groups is 2. The normalized spacial score (nSPS) is 18.0. The molecule has 0 aromatic heterocycles. The first-order chi connectivity index (χ1) is 7.93. The first kappa shape index (κ1) is 14.0. The Bertz CT molecular complexity index is 284. The SMILES string of the molecule is CN(CCC1(O)CCCC1)C(=O)CCC(=O)O. The molecular formula is C12H21NO4. The molecule has 1 rings (SSSR count). The van der Waals surface area contributed by atoms with Crippen molar-refractivity contribution in [2.45, 2.75) is 50.5 Å². The predicted octanol–water partition coefficient (Wildman–Crippen LogP) is 1.00. The van der Waals surface area contributed by atoms with E-state index in [-0.39, 0.29) is 18.7 Å². The van der Waals surface area contributed by atoms with Crippen molar-refractivity contribution >= 4 is 11.9 Å². The van der Waals surface area contributed by atoms with Crippen LogP contribution < -0.4 is 0 Å². The van der Waals surface area contributed by atoms with E-state index in [1.54, 1.807) is 7.05 Å². The van der Waals surface area contributed by atoms with Crippen LogP contribution in [-0.4, -0.2) is 46.2 Å². The van der Waals surface area contributed by atoms with Crippen molar-refractivity contribution in [1.82, 2.24) is 4.90 Å². The van der Waals surface area contributed by atoms with Gasteiger partial charge in [0.2, 0.25) is 5.91 Å². The van der Waals surface area contributed by atoms with Gasteiger partial charge in [-0.25, -0.2) is 0 Å². The van der Waals surface area contributed by atoms with E-state index >= 15 is 0 Å². The first-order valence-corrected chi connectivity index (χ1v) is 6.11. The average Bonchev–Trinajstić information content (AvgIpc) is 2.70. The van der Waals surface area contributed by atoms with Crippen LogP contribution in [0.15, 0.2) is 0 Å². The maximum absolute atomic E-state index is 11.5. The van der Waals surface area contributed by atoms with Crippen LogP contribution >= 0.6 is 0 Å². The highest BCUT2D eigenvalue weighted by molar-refractivity contribution is 5.80. The van der Waals surface area contributed by atoms with E-state index in [2.05, 4.69) is 0 Å². The molecule has 0 saturated heterocycles. The Hall–Kier alpha value is -1.10. The molecule has 0 aromatic rings. The zero-order chi connectivity index (χ0) is 12.9. The Balaban J connectivity index is 2.26. The van der Waals surface area contributed by atoms with Crippen molar-refractivity contribution in [3.05, 3.63) is 0 Å². The summed E-state index contributed by atoms with van der Waals surface area (Å²) in [4.78, 5) is 23.4. The lowest BCUT2D eigenvalue weighted by molar-refractivity contribution is -0.140. The molecule has 1 aliphatic carbocycles. The number of hydrogen-bond acceptors (Lipinski definition) is 3. The summed E-state index contributed by atoms with van der Waals surface area (Å²) >= 11 is 0. The Morgan fingerprint density at radius 2 is 1.82 bits per heavy atom. The van der Waals surface area contributed by atoms with E-state index in [4.69, 9.17) is 5.11 Å². The molecule has 17 heavy (non-hydrogen) atoms. The van der Waals surface area contributed by atoms with Gasteiger partial charge >= 0.3 is 5.97 Å². The fourth-order valence-corrected chi connectivity index (χ4v) is 2.19. The van der Waals surface area contributed by atoms with E-state index in [0.717, 1.165) is 25.7 Å². The summed E-state index contributed by atoms with van der Waals surface area (Å²) < 4.78 is 0. The zero-order valence-electron chi connectivity index (χ0n) is 10.3. The highest BCUT2D eigenvalue weighted by Gasteiger charge is 2.31. The fourth-order valence-electron chi connectivity index (χ4n) is 2.19. The van der Waals surface area contributed by atoms with Gasteiger partial charge < -0.3 is 15.1 Å². The molecule has 1 saturated carbocycles. The van der Waals surface area contributed by atoms with E-state index in [1.165, 1.54) is 4.90 Å². The van der Waals surface area contributed by atoms with Gasteiger partial charge in [0, 0.05) is 20.0 Å². The summed E-state index contributed by atoms with van der Waals surface area (Å²) in [5.74, 6) is -1.13. The average molecular weight is 243 g/mol.